The van der Waals surface area contributed by atoms with Crippen LogP contribution in [0.1, 0.15) is 5.56 Å². The Hall–Kier alpha value is -6.88. The number of hydrogen-bond donors (Lipinski definition) is 0. The average molecular weight is 571 g/mol. The second-order valence-corrected chi connectivity index (χ2v) is 9.82. The molecule has 0 saturated heterocycles. The molecule has 0 bridgehead atoms. The van der Waals surface area contributed by atoms with Crippen LogP contribution in [0.5, 0.6) is 0 Å². The lowest BCUT2D eigenvalue weighted by molar-refractivity contribution is 0.624. The van der Waals surface area contributed by atoms with Crippen molar-refractivity contribution in [3.63, 3.8) is 0 Å². The van der Waals surface area contributed by atoms with Gasteiger partial charge in [0.05, 0.1) is 33.4 Å². The summed E-state index contributed by atoms with van der Waals surface area (Å²) >= 11 is 0. The van der Waals surface area contributed by atoms with Gasteiger partial charge in [0.1, 0.15) is 28.7 Å². The fraction of sp³-hybridized carbons (Fsp3) is 0. The fourth-order valence-corrected chi connectivity index (χ4v) is 5.51. The van der Waals surface area contributed by atoms with E-state index in [1.165, 1.54) is 24.3 Å². The third-order valence-electron chi connectivity index (χ3n) is 7.53. The summed E-state index contributed by atoms with van der Waals surface area (Å²) in [6.45, 7) is 22.0. The molecule has 202 valence electrons. The molecule has 0 aliphatic rings. The van der Waals surface area contributed by atoms with E-state index in [4.69, 9.17) is 34.9 Å². The second kappa shape index (κ2) is 9.89. The molecule has 7 aromatic rings. The van der Waals surface area contributed by atoms with Crippen molar-refractivity contribution in [3.05, 3.63) is 135 Å². The molecule has 0 saturated carbocycles. The highest BCUT2D eigenvalue weighted by Crippen LogP contribution is 2.33. The summed E-state index contributed by atoms with van der Waals surface area (Å²) in [7, 11) is 0. The van der Waals surface area contributed by atoms with Crippen LogP contribution in [0.15, 0.2) is 83.0 Å². The van der Waals surface area contributed by atoms with Crippen molar-refractivity contribution in [2.75, 3.05) is 0 Å². The van der Waals surface area contributed by atoms with Crippen molar-refractivity contribution in [3.8, 4) is 28.3 Å². The molecule has 8 nitrogen and oxygen atoms in total. The number of nitrogens with zero attached hydrogens (tertiary/aromatic N) is 8. The molecule has 0 N–H and O–H groups in total. The highest BCUT2D eigenvalue weighted by molar-refractivity contribution is 6.15. The summed E-state index contributed by atoms with van der Waals surface area (Å²) in [5, 5.41) is 20.3. The van der Waals surface area contributed by atoms with Crippen LogP contribution in [0.4, 0.5) is 14.5 Å². The van der Waals surface area contributed by atoms with Crippen LogP contribution in [0.2, 0.25) is 0 Å². The van der Waals surface area contributed by atoms with Gasteiger partial charge in [0, 0.05) is 21.5 Å². The predicted molar refractivity (Wildman–Crippen MR) is 161 cm³/mol. The van der Waals surface area contributed by atoms with E-state index in [-0.39, 0.29) is 11.3 Å². The first-order valence-corrected chi connectivity index (χ1v) is 12.9. The molecule has 0 atom stereocenters. The van der Waals surface area contributed by atoms with E-state index in [1.54, 1.807) is 48.5 Å². The topological polar surface area (TPSA) is 87.4 Å². The lowest BCUT2D eigenvalue weighted by Gasteiger charge is -2.03. The Bertz CT molecular complexity index is 2500. The van der Waals surface area contributed by atoms with E-state index >= 15 is 0 Å². The molecule has 0 unspecified atom stereocenters. The molecule has 10 heteroatoms. The maximum Gasteiger partial charge on any atom is 0.222 e. The molecule has 1 aromatic heterocycles. The largest absolute Gasteiger partial charge is 0.241 e. The molecule has 0 aliphatic heterocycles. The summed E-state index contributed by atoms with van der Waals surface area (Å²) in [6, 6.07) is 21.2. The molecule has 0 aliphatic carbocycles. The first-order valence-electron chi connectivity index (χ1n) is 12.9. The van der Waals surface area contributed by atoms with E-state index in [2.05, 4.69) is 25.0 Å². The zero-order valence-corrected chi connectivity index (χ0v) is 22.3. The molecule has 6 aromatic carbocycles. The van der Waals surface area contributed by atoms with Gasteiger partial charge in [-0.15, -0.1) is 9.91 Å². The Morgan fingerprint density at radius 3 is 1.52 bits per heavy atom. The van der Waals surface area contributed by atoms with E-state index in [0.29, 0.717) is 76.6 Å². The number of aromatic nitrogens is 2. The lowest BCUT2D eigenvalue weighted by atomic mass is 10.0. The van der Waals surface area contributed by atoms with Crippen LogP contribution in [0.25, 0.3) is 80.6 Å². The van der Waals surface area contributed by atoms with Crippen molar-refractivity contribution >= 4 is 49.3 Å². The maximum absolute atomic E-state index is 14.4. The monoisotopic (exact) mass is 570 g/mol. The number of nitriles is 1. The van der Waals surface area contributed by atoms with Gasteiger partial charge in [-0.3, -0.25) is 0 Å². The molecule has 44 heavy (non-hydrogen) atoms. The standard InChI is InChI=1S/C34H12F2N8/c1-38-28-11-8-20(15-27(28)36)18-7-10-23-25(13-18)32(44-40-3)34-30(23)42-33-29(41-34)22-9-6-17(12-24(22)31(33)43-39-2)19-4-5-21(16-37)26(35)14-19/h4-15H/b43-31+,44-32-. The number of halogens is 2. The smallest absolute Gasteiger partial charge is 0.222 e. The Labute approximate surface area is 246 Å². The van der Waals surface area contributed by atoms with Crippen LogP contribution in [0.3, 0.4) is 0 Å². The average Bonchev–Trinajstić information content (AvgIpc) is 3.51. The van der Waals surface area contributed by atoms with Gasteiger partial charge >= 0.3 is 0 Å². The highest BCUT2D eigenvalue weighted by Gasteiger charge is 2.21. The Kier molecular flexibility index (Phi) is 5.85. The summed E-state index contributed by atoms with van der Waals surface area (Å²) in [5.74, 6) is -1.27. The molecule has 0 fully saturated rings. The minimum atomic E-state index is -0.637. The zero-order valence-electron chi connectivity index (χ0n) is 22.3. The molecule has 0 radical (unpaired) electrons. The predicted octanol–water partition coefficient (Wildman–Crippen LogP) is 7.47. The minimum absolute atomic E-state index is 0.0602. The zero-order chi connectivity index (χ0) is 30.5. The van der Waals surface area contributed by atoms with Crippen LogP contribution >= 0.6 is 0 Å². The summed E-state index contributed by atoms with van der Waals surface area (Å²) in [4.78, 5) is 19.5. The quantitative estimate of drug-likeness (QED) is 0.160. The van der Waals surface area contributed by atoms with Crippen molar-refractivity contribution in [2.45, 2.75) is 0 Å². The van der Waals surface area contributed by atoms with Gasteiger partial charge in [-0.05, 0) is 52.6 Å². The summed E-state index contributed by atoms with van der Waals surface area (Å²) < 4.78 is 28.8. The Morgan fingerprint density at radius 1 is 0.591 bits per heavy atom. The molecule has 1 heterocycles. The SMILES string of the molecule is [C-]#[N+]/N=c1/c2cc(-c3ccc([N+]#[C-])c(F)c3)ccc2c2nc3/c(=N/[N+]#[C-])c4cc(-c5ccc(C#N)c(F)c5)ccc4c3nc12. The van der Waals surface area contributed by atoms with Crippen molar-refractivity contribution in [1.82, 2.24) is 9.97 Å². The van der Waals surface area contributed by atoms with Gasteiger partial charge in [0.25, 0.3) is 0 Å². The second-order valence-electron chi connectivity index (χ2n) is 9.82. The van der Waals surface area contributed by atoms with E-state index in [1.807, 2.05) is 6.07 Å². The number of rotatable bonds is 2. The van der Waals surface area contributed by atoms with Gasteiger partial charge in [0.2, 0.25) is 5.69 Å². The first-order chi connectivity index (χ1) is 21.4. The van der Waals surface area contributed by atoms with E-state index in [9.17, 15) is 8.78 Å². The van der Waals surface area contributed by atoms with Gasteiger partial charge in [-0.1, -0.05) is 42.5 Å². The fourth-order valence-electron chi connectivity index (χ4n) is 5.51. The van der Waals surface area contributed by atoms with Crippen LogP contribution in [-0.4, -0.2) is 9.97 Å². The lowest BCUT2D eigenvalue weighted by Crippen LogP contribution is -2.02. The van der Waals surface area contributed by atoms with Gasteiger partial charge < -0.3 is 0 Å². The molecular formula is C34H12F2N8. The normalized spacial score (nSPS) is 12.0. The number of fused-ring (bicyclic) bond motifs is 6. The molecule has 0 amide bonds. The van der Waals surface area contributed by atoms with Crippen LogP contribution in [0, 0.1) is 42.7 Å². The minimum Gasteiger partial charge on any atom is -0.241 e. The van der Waals surface area contributed by atoms with E-state index < -0.39 is 11.6 Å². The van der Waals surface area contributed by atoms with E-state index in [0.717, 1.165) is 0 Å². The number of benzene rings is 4. The first kappa shape index (κ1) is 26.0. The summed E-state index contributed by atoms with van der Waals surface area (Å²) in [5.41, 5.74) is 3.96. The number of hydrogen-bond acceptors (Lipinski definition) is 5. The third-order valence-corrected chi connectivity index (χ3v) is 7.53. The summed E-state index contributed by atoms with van der Waals surface area (Å²) in [6.07, 6.45) is 0. The van der Waals surface area contributed by atoms with Crippen LogP contribution in [-0.2, 0) is 0 Å². The maximum atomic E-state index is 14.4. The van der Waals surface area contributed by atoms with Crippen molar-refractivity contribution < 1.29 is 8.78 Å². The Morgan fingerprint density at radius 2 is 1.07 bits per heavy atom. The third kappa shape index (κ3) is 3.84. The molecule has 7 rings (SSSR count). The van der Waals surface area contributed by atoms with Gasteiger partial charge in [0.15, 0.2) is 10.7 Å². The van der Waals surface area contributed by atoms with Crippen LogP contribution < -0.4 is 10.7 Å². The van der Waals surface area contributed by atoms with Gasteiger partial charge in [-0.25, -0.2) is 23.6 Å². The highest BCUT2D eigenvalue weighted by atomic mass is 19.1. The van der Waals surface area contributed by atoms with Gasteiger partial charge in [-0.2, -0.15) is 18.4 Å². The Balaban J connectivity index is 1.50. The van der Waals surface area contributed by atoms with Crippen molar-refractivity contribution in [2.24, 2.45) is 10.2 Å². The molecule has 0 spiro atoms. The molecular weight excluding hydrogens is 558 g/mol. The van der Waals surface area contributed by atoms with Crippen molar-refractivity contribution in [1.29, 1.82) is 5.26 Å².